The van der Waals surface area contributed by atoms with E-state index in [9.17, 15) is 9.18 Å². The number of carboxylic acids is 1. The van der Waals surface area contributed by atoms with Crippen LogP contribution in [0, 0.1) is 5.82 Å². The van der Waals surface area contributed by atoms with Crippen molar-refractivity contribution in [2.75, 3.05) is 19.7 Å². The number of ether oxygens (including phenoxy) is 1. The second-order valence-electron chi connectivity index (χ2n) is 4.98. The van der Waals surface area contributed by atoms with Gasteiger partial charge >= 0.3 is 5.97 Å². The van der Waals surface area contributed by atoms with Gasteiger partial charge in [-0.2, -0.15) is 0 Å². The SMILES string of the molecule is CC1CN(Cc2cc(F)cc(C=CC(=O)O)c2)CCO1. The van der Waals surface area contributed by atoms with Crippen molar-refractivity contribution in [3.8, 4) is 0 Å². The second kappa shape index (κ2) is 6.63. The van der Waals surface area contributed by atoms with Crippen LogP contribution < -0.4 is 0 Å². The van der Waals surface area contributed by atoms with Gasteiger partial charge in [0.2, 0.25) is 0 Å². The molecule has 1 aromatic carbocycles. The summed E-state index contributed by atoms with van der Waals surface area (Å²) < 4.78 is 19.0. The largest absolute Gasteiger partial charge is 0.478 e. The molecular formula is C15H18FNO3. The van der Waals surface area contributed by atoms with E-state index in [1.54, 1.807) is 0 Å². The molecule has 1 aromatic rings. The van der Waals surface area contributed by atoms with Gasteiger partial charge in [-0.05, 0) is 36.3 Å². The smallest absolute Gasteiger partial charge is 0.328 e. The lowest BCUT2D eigenvalue weighted by Gasteiger charge is -2.31. The van der Waals surface area contributed by atoms with Gasteiger partial charge < -0.3 is 9.84 Å². The van der Waals surface area contributed by atoms with Crippen LogP contribution in [0.4, 0.5) is 4.39 Å². The van der Waals surface area contributed by atoms with Crippen molar-refractivity contribution in [3.05, 3.63) is 41.2 Å². The first-order chi connectivity index (χ1) is 9.52. The molecule has 0 bridgehead atoms. The third-order valence-electron chi connectivity index (χ3n) is 3.13. The molecule has 0 radical (unpaired) electrons. The predicted molar refractivity (Wildman–Crippen MR) is 73.8 cm³/mol. The van der Waals surface area contributed by atoms with E-state index in [1.807, 2.05) is 13.0 Å². The average molecular weight is 279 g/mol. The lowest BCUT2D eigenvalue weighted by Crippen LogP contribution is -2.40. The molecule has 1 aliphatic heterocycles. The molecule has 1 N–H and O–H groups in total. The van der Waals surface area contributed by atoms with E-state index in [-0.39, 0.29) is 11.9 Å². The van der Waals surface area contributed by atoms with Crippen molar-refractivity contribution in [1.29, 1.82) is 0 Å². The zero-order chi connectivity index (χ0) is 14.5. The third-order valence-corrected chi connectivity index (χ3v) is 3.13. The molecule has 0 aromatic heterocycles. The van der Waals surface area contributed by atoms with Crippen LogP contribution in [-0.4, -0.2) is 41.8 Å². The van der Waals surface area contributed by atoms with Crippen molar-refractivity contribution in [2.24, 2.45) is 0 Å². The highest BCUT2D eigenvalue weighted by atomic mass is 19.1. The number of nitrogens with zero attached hydrogens (tertiary/aromatic N) is 1. The fourth-order valence-corrected chi connectivity index (χ4v) is 2.32. The van der Waals surface area contributed by atoms with E-state index in [1.165, 1.54) is 18.2 Å². The monoisotopic (exact) mass is 279 g/mol. The molecule has 1 unspecified atom stereocenters. The van der Waals surface area contributed by atoms with Crippen molar-refractivity contribution >= 4 is 12.0 Å². The number of morpholine rings is 1. The van der Waals surface area contributed by atoms with Crippen LogP contribution in [0.1, 0.15) is 18.1 Å². The molecule has 1 heterocycles. The van der Waals surface area contributed by atoms with Crippen LogP contribution in [0.2, 0.25) is 0 Å². The highest BCUT2D eigenvalue weighted by Crippen LogP contribution is 2.15. The van der Waals surface area contributed by atoms with Gasteiger partial charge in [0.15, 0.2) is 0 Å². The van der Waals surface area contributed by atoms with Crippen LogP contribution in [0.5, 0.6) is 0 Å². The summed E-state index contributed by atoms with van der Waals surface area (Å²) in [5, 5.41) is 8.60. The Morgan fingerprint density at radius 1 is 1.55 bits per heavy atom. The van der Waals surface area contributed by atoms with E-state index < -0.39 is 5.97 Å². The first-order valence-electron chi connectivity index (χ1n) is 6.57. The van der Waals surface area contributed by atoms with Crippen molar-refractivity contribution in [2.45, 2.75) is 19.6 Å². The second-order valence-corrected chi connectivity index (χ2v) is 4.98. The summed E-state index contributed by atoms with van der Waals surface area (Å²) in [4.78, 5) is 12.7. The minimum Gasteiger partial charge on any atom is -0.478 e. The molecule has 1 fully saturated rings. The molecule has 0 saturated carbocycles. The molecule has 108 valence electrons. The minimum atomic E-state index is -1.04. The Balaban J connectivity index is 2.09. The number of carboxylic acid groups (broad SMARTS) is 1. The third kappa shape index (κ3) is 4.43. The first kappa shape index (κ1) is 14.7. The Morgan fingerprint density at radius 3 is 3.05 bits per heavy atom. The molecule has 5 heteroatoms. The van der Waals surface area contributed by atoms with Crippen molar-refractivity contribution in [3.63, 3.8) is 0 Å². The molecular weight excluding hydrogens is 261 g/mol. The van der Waals surface area contributed by atoms with Crippen LogP contribution >= 0.6 is 0 Å². The summed E-state index contributed by atoms with van der Waals surface area (Å²) >= 11 is 0. The molecule has 20 heavy (non-hydrogen) atoms. The highest BCUT2D eigenvalue weighted by molar-refractivity contribution is 5.85. The van der Waals surface area contributed by atoms with Gasteiger partial charge in [0, 0.05) is 25.7 Å². The number of benzene rings is 1. The fourth-order valence-electron chi connectivity index (χ4n) is 2.32. The van der Waals surface area contributed by atoms with E-state index >= 15 is 0 Å². The van der Waals surface area contributed by atoms with Crippen LogP contribution in [0.25, 0.3) is 6.08 Å². The molecule has 0 amide bonds. The number of aliphatic carboxylic acids is 1. The zero-order valence-corrected chi connectivity index (χ0v) is 11.4. The molecule has 2 rings (SSSR count). The maximum atomic E-state index is 13.6. The summed E-state index contributed by atoms with van der Waals surface area (Å²) in [7, 11) is 0. The van der Waals surface area contributed by atoms with Gasteiger partial charge in [-0.15, -0.1) is 0 Å². The molecule has 4 nitrogen and oxygen atoms in total. The maximum Gasteiger partial charge on any atom is 0.328 e. The Bertz CT molecular complexity index is 516. The molecule has 1 aliphatic rings. The highest BCUT2D eigenvalue weighted by Gasteiger charge is 2.16. The summed E-state index contributed by atoms with van der Waals surface area (Å²) in [6.45, 7) is 4.97. The maximum absolute atomic E-state index is 13.6. The predicted octanol–water partition coefficient (Wildman–Crippen LogP) is 2.14. The molecule has 0 spiro atoms. The van der Waals surface area contributed by atoms with Gasteiger partial charge in [-0.3, -0.25) is 4.90 Å². The number of hydrogen-bond donors (Lipinski definition) is 1. The number of hydrogen-bond acceptors (Lipinski definition) is 3. The Kier molecular flexibility index (Phi) is 4.87. The van der Waals surface area contributed by atoms with E-state index in [4.69, 9.17) is 9.84 Å². The van der Waals surface area contributed by atoms with E-state index in [0.29, 0.717) is 18.7 Å². The number of carbonyl (C=O) groups is 1. The lowest BCUT2D eigenvalue weighted by atomic mass is 10.1. The van der Waals surface area contributed by atoms with Crippen molar-refractivity contribution in [1.82, 2.24) is 4.90 Å². The standard InChI is InChI=1S/C15H18FNO3/c1-11-9-17(4-5-20-11)10-13-6-12(2-3-15(18)19)7-14(16)8-13/h2-3,6-8,11H,4-5,9-10H2,1H3,(H,18,19). The molecule has 0 aliphatic carbocycles. The molecule has 1 atom stereocenters. The Labute approximate surface area is 117 Å². The van der Waals surface area contributed by atoms with E-state index in [2.05, 4.69) is 4.90 Å². The van der Waals surface area contributed by atoms with Crippen LogP contribution in [0.3, 0.4) is 0 Å². The van der Waals surface area contributed by atoms with Crippen molar-refractivity contribution < 1.29 is 19.0 Å². The summed E-state index contributed by atoms with van der Waals surface area (Å²) in [6, 6.07) is 4.62. The minimum absolute atomic E-state index is 0.184. The topological polar surface area (TPSA) is 49.8 Å². The Morgan fingerprint density at radius 2 is 2.35 bits per heavy atom. The zero-order valence-electron chi connectivity index (χ0n) is 11.4. The summed E-state index contributed by atoms with van der Waals surface area (Å²) in [5.74, 6) is -1.40. The van der Waals surface area contributed by atoms with E-state index in [0.717, 1.165) is 24.7 Å². The Hall–Kier alpha value is -1.72. The number of rotatable bonds is 4. The summed E-state index contributed by atoms with van der Waals surface area (Å²) in [5.41, 5.74) is 1.40. The summed E-state index contributed by atoms with van der Waals surface area (Å²) in [6.07, 6.45) is 2.59. The van der Waals surface area contributed by atoms with Gasteiger partial charge in [-0.1, -0.05) is 6.07 Å². The number of halogens is 1. The van der Waals surface area contributed by atoms with Gasteiger partial charge in [-0.25, -0.2) is 9.18 Å². The van der Waals surface area contributed by atoms with Gasteiger partial charge in [0.1, 0.15) is 5.82 Å². The lowest BCUT2D eigenvalue weighted by molar-refractivity contribution is -0.131. The van der Waals surface area contributed by atoms with Crippen LogP contribution in [0.15, 0.2) is 24.3 Å². The average Bonchev–Trinajstić information content (AvgIpc) is 2.35. The fraction of sp³-hybridized carbons (Fsp3) is 0.400. The van der Waals surface area contributed by atoms with Gasteiger partial charge in [0.05, 0.1) is 12.7 Å². The quantitative estimate of drug-likeness (QED) is 0.858. The molecule has 1 saturated heterocycles. The van der Waals surface area contributed by atoms with Crippen LogP contribution in [-0.2, 0) is 16.1 Å². The van der Waals surface area contributed by atoms with Gasteiger partial charge in [0.25, 0.3) is 0 Å². The first-order valence-corrected chi connectivity index (χ1v) is 6.57. The normalized spacial score (nSPS) is 20.4.